The quantitative estimate of drug-likeness (QED) is 0.585. The first-order valence-electron chi connectivity index (χ1n) is 2.90. The first-order valence-corrected chi connectivity index (χ1v) is 2.90. The summed E-state index contributed by atoms with van der Waals surface area (Å²) in [4.78, 5) is 10.2. The van der Waals surface area contributed by atoms with Crippen molar-refractivity contribution < 1.29 is 4.79 Å². The van der Waals surface area contributed by atoms with Gasteiger partial charge in [-0.3, -0.25) is 4.79 Å². The molecule has 8 heavy (non-hydrogen) atoms. The summed E-state index contributed by atoms with van der Waals surface area (Å²) < 4.78 is 0. The van der Waals surface area contributed by atoms with Crippen LogP contribution in [0.1, 0.15) is 26.7 Å². The van der Waals surface area contributed by atoms with Crippen molar-refractivity contribution in [1.82, 2.24) is 0 Å². The van der Waals surface area contributed by atoms with Crippen LogP contribution in [0.3, 0.4) is 0 Å². The lowest BCUT2D eigenvalue weighted by Crippen LogP contribution is -1.88. The summed E-state index contributed by atoms with van der Waals surface area (Å²) in [6.07, 6.45) is 1.38. The van der Waals surface area contributed by atoms with Crippen molar-refractivity contribution in [3.63, 3.8) is 0 Å². The summed E-state index contributed by atoms with van der Waals surface area (Å²) in [7, 11) is 1.50. The first kappa shape index (κ1) is 10.6. The van der Waals surface area contributed by atoms with Gasteiger partial charge in [0.15, 0.2) is 0 Å². The van der Waals surface area contributed by atoms with E-state index < -0.39 is 0 Å². The van der Waals surface area contributed by atoms with Crippen molar-refractivity contribution in [2.75, 3.05) is 7.05 Å². The molecule has 0 aromatic carbocycles. The smallest absolute Gasteiger partial charge is 0.132 e. The number of hydrogen-bond acceptors (Lipinski definition) is 2. The fraction of sp³-hybridized carbons (Fsp3) is 0.833. The first-order chi connectivity index (χ1) is 3.81. The highest BCUT2D eigenvalue weighted by Crippen LogP contribution is 1.82. The van der Waals surface area contributed by atoms with E-state index >= 15 is 0 Å². The molecule has 2 nitrogen and oxygen atoms in total. The fourth-order valence-electron chi connectivity index (χ4n) is 0.250. The van der Waals surface area contributed by atoms with Gasteiger partial charge in [-0.2, -0.15) is 0 Å². The van der Waals surface area contributed by atoms with Gasteiger partial charge in [0.25, 0.3) is 0 Å². The van der Waals surface area contributed by atoms with Gasteiger partial charge in [0.2, 0.25) is 0 Å². The lowest BCUT2D eigenvalue weighted by molar-refractivity contribution is -0.118. The van der Waals surface area contributed by atoms with E-state index in [1.165, 1.54) is 7.05 Å². The monoisotopic (exact) mass is 117 g/mol. The molecule has 0 heterocycles. The topological polar surface area (TPSA) is 43.1 Å². The van der Waals surface area contributed by atoms with Crippen molar-refractivity contribution in [3.8, 4) is 0 Å². The third kappa shape index (κ3) is 9.16. The Morgan fingerprint density at radius 3 is 1.50 bits per heavy atom. The van der Waals surface area contributed by atoms with Crippen LogP contribution in [0.2, 0.25) is 0 Å². The lowest BCUT2D eigenvalue weighted by Gasteiger charge is -1.81. The molecule has 2 N–H and O–H groups in total. The maximum absolute atomic E-state index is 10.2. The molecule has 0 bridgehead atoms. The SMILES string of the molecule is CCC(=O)CC.CN. The van der Waals surface area contributed by atoms with Gasteiger partial charge in [-0.15, -0.1) is 0 Å². The van der Waals surface area contributed by atoms with Crippen LogP contribution in [0, 0.1) is 0 Å². The molecule has 0 fully saturated rings. The molecule has 0 aliphatic heterocycles. The van der Waals surface area contributed by atoms with Crippen LogP contribution in [-0.2, 0) is 4.79 Å². The Kier molecular flexibility index (Phi) is 13.0. The molecule has 0 aromatic rings. The summed E-state index contributed by atoms with van der Waals surface area (Å²) >= 11 is 0. The van der Waals surface area contributed by atoms with Crippen molar-refractivity contribution in [2.45, 2.75) is 26.7 Å². The molecule has 0 saturated carbocycles. The number of rotatable bonds is 2. The van der Waals surface area contributed by atoms with E-state index in [1.54, 1.807) is 0 Å². The number of nitrogens with two attached hydrogens (primary N) is 1. The minimum atomic E-state index is 0.343. The Morgan fingerprint density at radius 2 is 1.50 bits per heavy atom. The zero-order valence-electron chi connectivity index (χ0n) is 5.90. The highest BCUT2D eigenvalue weighted by Gasteiger charge is 1.86. The average molecular weight is 117 g/mol. The van der Waals surface area contributed by atoms with E-state index in [2.05, 4.69) is 5.73 Å². The Balaban J connectivity index is 0. The molecule has 0 rings (SSSR count). The average Bonchev–Trinajstić information content (AvgIpc) is 1.91. The highest BCUT2D eigenvalue weighted by molar-refractivity contribution is 5.77. The van der Waals surface area contributed by atoms with Crippen molar-refractivity contribution >= 4 is 5.78 Å². The molecule has 0 aromatic heterocycles. The molecule has 2 heteroatoms. The van der Waals surface area contributed by atoms with E-state index in [-0.39, 0.29) is 0 Å². The van der Waals surface area contributed by atoms with Gasteiger partial charge in [-0.05, 0) is 7.05 Å². The summed E-state index contributed by atoms with van der Waals surface area (Å²) in [5.74, 6) is 0.343. The van der Waals surface area contributed by atoms with Crippen LogP contribution in [0.15, 0.2) is 0 Å². The lowest BCUT2D eigenvalue weighted by atomic mass is 10.3. The summed E-state index contributed by atoms with van der Waals surface area (Å²) in [6.45, 7) is 3.76. The largest absolute Gasteiger partial charge is 0.333 e. The second kappa shape index (κ2) is 9.80. The minimum absolute atomic E-state index is 0.343. The van der Waals surface area contributed by atoms with Gasteiger partial charge < -0.3 is 5.73 Å². The molecule has 0 aliphatic rings. The number of hydrogen-bond donors (Lipinski definition) is 1. The van der Waals surface area contributed by atoms with E-state index in [1.807, 2.05) is 13.8 Å². The normalized spacial score (nSPS) is 7.00. The summed E-state index contributed by atoms with van der Waals surface area (Å²) in [5, 5.41) is 0. The Bertz CT molecular complexity index is 46.5. The number of carbonyl (C=O) groups is 1. The molecule has 0 aliphatic carbocycles. The van der Waals surface area contributed by atoms with Crippen LogP contribution in [0.25, 0.3) is 0 Å². The van der Waals surface area contributed by atoms with Crippen LogP contribution in [0.5, 0.6) is 0 Å². The van der Waals surface area contributed by atoms with Crippen LogP contribution in [-0.4, -0.2) is 12.8 Å². The summed E-state index contributed by atoms with van der Waals surface area (Å²) in [5.41, 5.74) is 4.50. The highest BCUT2D eigenvalue weighted by atomic mass is 16.1. The molecule has 0 atom stereocenters. The van der Waals surface area contributed by atoms with Crippen LogP contribution in [0.4, 0.5) is 0 Å². The number of Topliss-reactive ketones (excluding diaryl/α,β-unsaturated/α-hetero) is 1. The van der Waals surface area contributed by atoms with E-state index in [0.29, 0.717) is 18.6 Å². The molecule has 0 unspecified atom stereocenters. The van der Waals surface area contributed by atoms with Gasteiger partial charge >= 0.3 is 0 Å². The maximum Gasteiger partial charge on any atom is 0.132 e. The second-order valence-electron chi connectivity index (χ2n) is 1.25. The van der Waals surface area contributed by atoms with Crippen molar-refractivity contribution in [2.24, 2.45) is 5.73 Å². The van der Waals surface area contributed by atoms with Crippen molar-refractivity contribution in [3.05, 3.63) is 0 Å². The molecule has 0 spiro atoms. The molecular weight excluding hydrogens is 102 g/mol. The standard InChI is InChI=1S/C5H10O.CH5N/c1-3-5(6)4-2;1-2/h3-4H2,1-2H3;2H2,1H3. The van der Waals surface area contributed by atoms with Gasteiger partial charge in [0.1, 0.15) is 5.78 Å². The van der Waals surface area contributed by atoms with Crippen molar-refractivity contribution in [1.29, 1.82) is 0 Å². The van der Waals surface area contributed by atoms with E-state index in [0.717, 1.165) is 0 Å². The molecular formula is C6H15NO. The van der Waals surface area contributed by atoms with E-state index in [9.17, 15) is 4.79 Å². The predicted molar refractivity (Wildman–Crippen MR) is 35.7 cm³/mol. The van der Waals surface area contributed by atoms with E-state index in [4.69, 9.17) is 0 Å². The third-order valence-corrected chi connectivity index (χ3v) is 0.789. The second-order valence-corrected chi connectivity index (χ2v) is 1.25. The molecule has 0 saturated heterocycles. The molecule has 0 radical (unpaired) electrons. The van der Waals surface area contributed by atoms with Gasteiger partial charge in [-0.1, -0.05) is 13.8 Å². The Labute approximate surface area is 51.1 Å². The Hall–Kier alpha value is -0.370. The van der Waals surface area contributed by atoms with Crippen LogP contribution < -0.4 is 5.73 Å². The minimum Gasteiger partial charge on any atom is -0.333 e. The zero-order valence-corrected chi connectivity index (χ0v) is 5.90. The van der Waals surface area contributed by atoms with Gasteiger partial charge in [0.05, 0.1) is 0 Å². The summed E-state index contributed by atoms with van der Waals surface area (Å²) in [6, 6.07) is 0. The fourth-order valence-corrected chi connectivity index (χ4v) is 0.250. The maximum atomic E-state index is 10.2. The van der Waals surface area contributed by atoms with Gasteiger partial charge in [-0.25, -0.2) is 0 Å². The van der Waals surface area contributed by atoms with Crippen LogP contribution >= 0.6 is 0 Å². The van der Waals surface area contributed by atoms with Gasteiger partial charge in [0, 0.05) is 12.8 Å². The zero-order chi connectivity index (χ0) is 6.99. The Morgan fingerprint density at radius 1 is 1.25 bits per heavy atom. The number of ketones is 1. The molecule has 50 valence electrons. The number of carbonyl (C=O) groups excluding carboxylic acids is 1. The molecule has 0 amide bonds. The predicted octanol–water partition coefficient (Wildman–Crippen LogP) is 0.950. The third-order valence-electron chi connectivity index (χ3n) is 0.789.